The molecule has 0 bridgehead atoms. The van der Waals surface area contributed by atoms with Gasteiger partial charge in [0.1, 0.15) is 5.69 Å². The van der Waals surface area contributed by atoms with Crippen LogP contribution in [0.15, 0.2) is 35.6 Å². The van der Waals surface area contributed by atoms with Crippen molar-refractivity contribution in [3.05, 3.63) is 46.9 Å². The zero-order chi connectivity index (χ0) is 9.84. The molecule has 0 radical (unpaired) electrons. The average molecular weight is 179 g/mol. The molecular formula is C9H9NO3. The average Bonchev–Trinajstić information content (AvgIpc) is 2.08. The van der Waals surface area contributed by atoms with Crippen molar-refractivity contribution in [2.75, 3.05) is 0 Å². The van der Waals surface area contributed by atoms with Gasteiger partial charge in [-0.15, -0.1) is 6.58 Å². The highest BCUT2D eigenvalue weighted by Gasteiger charge is 2.08. The molecule has 13 heavy (non-hydrogen) atoms. The first-order valence-corrected chi connectivity index (χ1v) is 3.71. The number of hydrogen-bond donors (Lipinski definition) is 1. The molecule has 4 nitrogen and oxygen atoms in total. The van der Waals surface area contributed by atoms with E-state index in [0.717, 1.165) is 4.57 Å². The predicted octanol–water partition coefficient (Wildman–Crippen LogP) is 0.732. The van der Waals surface area contributed by atoms with Gasteiger partial charge in [-0.1, -0.05) is 12.1 Å². The van der Waals surface area contributed by atoms with Gasteiger partial charge in [0.15, 0.2) is 0 Å². The van der Waals surface area contributed by atoms with Crippen molar-refractivity contribution in [1.82, 2.24) is 4.57 Å². The van der Waals surface area contributed by atoms with Gasteiger partial charge < -0.3 is 5.11 Å². The fourth-order valence-electron chi connectivity index (χ4n) is 1.02. The number of pyridine rings is 1. The van der Waals surface area contributed by atoms with E-state index in [1.807, 2.05) is 0 Å². The molecular weight excluding hydrogens is 170 g/mol. The van der Waals surface area contributed by atoms with Crippen molar-refractivity contribution >= 4 is 5.97 Å². The predicted molar refractivity (Wildman–Crippen MR) is 47.9 cm³/mol. The van der Waals surface area contributed by atoms with Crippen molar-refractivity contribution in [3.63, 3.8) is 0 Å². The number of aromatic carboxylic acids is 1. The van der Waals surface area contributed by atoms with E-state index < -0.39 is 5.97 Å². The first kappa shape index (κ1) is 9.25. The number of carbonyl (C=O) groups is 1. The van der Waals surface area contributed by atoms with Crippen LogP contribution in [0.5, 0.6) is 0 Å². The number of carboxylic acid groups (broad SMARTS) is 1. The number of allylic oxidation sites excluding steroid dienone is 1. The number of nitrogens with zero attached hydrogens (tertiary/aromatic N) is 1. The lowest BCUT2D eigenvalue weighted by Gasteiger charge is -2.05. The van der Waals surface area contributed by atoms with Gasteiger partial charge in [0.2, 0.25) is 0 Å². The fraction of sp³-hybridized carbons (Fsp3) is 0.111. The molecule has 1 heterocycles. The van der Waals surface area contributed by atoms with Crippen LogP contribution < -0.4 is 5.56 Å². The Hall–Kier alpha value is -1.84. The van der Waals surface area contributed by atoms with E-state index in [0.29, 0.717) is 0 Å². The molecule has 0 fully saturated rings. The zero-order valence-corrected chi connectivity index (χ0v) is 6.93. The Balaban J connectivity index is 3.33. The molecule has 0 saturated heterocycles. The Bertz CT molecular complexity index is 392. The van der Waals surface area contributed by atoms with Crippen molar-refractivity contribution in [3.8, 4) is 0 Å². The molecule has 1 rings (SSSR count). The lowest BCUT2D eigenvalue weighted by atomic mass is 10.3. The van der Waals surface area contributed by atoms with Crippen LogP contribution in [0.4, 0.5) is 0 Å². The van der Waals surface area contributed by atoms with E-state index in [1.54, 1.807) is 0 Å². The van der Waals surface area contributed by atoms with Crippen LogP contribution in [-0.2, 0) is 6.54 Å². The summed E-state index contributed by atoms with van der Waals surface area (Å²) in [6.45, 7) is 3.65. The molecule has 0 saturated carbocycles. The number of carboxylic acids is 1. The smallest absolute Gasteiger partial charge is 0.352 e. The number of aromatic nitrogens is 1. The third kappa shape index (κ3) is 1.84. The van der Waals surface area contributed by atoms with Crippen LogP contribution in [0, 0.1) is 0 Å². The molecule has 68 valence electrons. The lowest BCUT2D eigenvalue weighted by Crippen LogP contribution is -2.24. The summed E-state index contributed by atoms with van der Waals surface area (Å²) in [5.74, 6) is -1.11. The van der Waals surface area contributed by atoms with E-state index in [-0.39, 0.29) is 17.8 Å². The fourth-order valence-corrected chi connectivity index (χ4v) is 1.02. The molecule has 4 heteroatoms. The summed E-state index contributed by atoms with van der Waals surface area (Å²) >= 11 is 0. The second-order valence-electron chi connectivity index (χ2n) is 2.45. The summed E-state index contributed by atoms with van der Waals surface area (Å²) in [5, 5.41) is 8.72. The van der Waals surface area contributed by atoms with Crippen molar-refractivity contribution in [2.24, 2.45) is 0 Å². The third-order valence-electron chi connectivity index (χ3n) is 1.58. The summed E-state index contributed by atoms with van der Waals surface area (Å²) in [6.07, 6.45) is 1.48. The van der Waals surface area contributed by atoms with E-state index >= 15 is 0 Å². The van der Waals surface area contributed by atoms with Crippen LogP contribution in [0.3, 0.4) is 0 Å². The Morgan fingerprint density at radius 1 is 1.62 bits per heavy atom. The molecule has 1 aromatic rings. The summed E-state index contributed by atoms with van der Waals surface area (Å²) < 4.78 is 1.15. The summed E-state index contributed by atoms with van der Waals surface area (Å²) in [7, 11) is 0. The van der Waals surface area contributed by atoms with Gasteiger partial charge in [0, 0.05) is 12.6 Å². The SMILES string of the molecule is C=CCn1c(C(=O)O)cccc1=O. The van der Waals surface area contributed by atoms with Gasteiger partial charge in [-0.2, -0.15) is 0 Å². The second kappa shape index (κ2) is 3.71. The first-order valence-electron chi connectivity index (χ1n) is 3.71. The molecule has 0 aliphatic rings. The van der Waals surface area contributed by atoms with Crippen molar-refractivity contribution in [2.45, 2.75) is 6.54 Å². The summed E-state index contributed by atoms with van der Waals surface area (Å²) in [5.41, 5.74) is -0.354. The minimum absolute atomic E-state index is 0.0209. The Morgan fingerprint density at radius 3 is 2.85 bits per heavy atom. The molecule has 0 atom stereocenters. The van der Waals surface area contributed by atoms with E-state index in [4.69, 9.17) is 5.11 Å². The molecule has 1 aromatic heterocycles. The van der Waals surface area contributed by atoms with Crippen molar-refractivity contribution in [1.29, 1.82) is 0 Å². The molecule has 0 aromatic carbocycles. The topological polar surface area (TPSA) is 59.3 Å². The van der Waals surface area contributed by atoms with Gasteiger partial charge in [-0.3, -0.25) is 9.36 Å². The van der Waals surface area contributed by atoms with E-state index in [9.17, 15) is 9.59 Å². The van der Waals surface area contributed by atoms with Crippen LogP contribution in [0.25, 0.3) is 0 Å². The maximum atomic E-state index is 11.2. The van der Waals surface area contributed by atoms with Crippen LogP contribution in [0.2, 0.25) is 0 Å². The quantitative estimate of drug-likeness (QED) is 0.696. The van der Waals surface area contributed by atoms with E-state index in [2.05, 4.69) is 6.58 Å². The summed E-state index contributed by atoms with van der Waals surface area (Å²) in [6, 6.07) is 4.12. The third-order valence-corrected chi connectivity index (χ3v) is 1.58. The number of hydrogen-bond acceptors (Lipinski definition) is 2. The first-order chi connectivity index (χ1) is 6.16. The molecule has 0 aliphatic carbocycles. The monoisotopic (exact) mass is 179 g/mol. The Labute approximate surface area is 74.7 Å². The Kier molecular flexibility index (Phi) is 2.64. The molecule has 0 spiro atoms. The van der Waals surface area contributed by atoms with Gasteiger partial charge in [0.25, 0.3) is 5.56 Å². The maximum absolute atomic E-state index is 11.2. The van der Waals surface area contributed by atoms with Gasteiger partial charge in [-0.05, 0) is 6.07 Å². The zero-order valence-electron chi connectivity index (χ0n) is 6.93. The standard InChI is InChI=1S/C9H9NO3/c1-2-6-10-7(9(12)13)4-3-5-8(10)11/h2-5H,1,6H2,(H,12,13). The molecule has 0 amide bonds. The highest BCUT2D eigenvalue weighted by molar-refractivity contribution is 5.85. The highest BCUT2D eigenvalue weighted by Crippen LogP contribution is 1.96. The highest BCUT2D eigenvalue weighted by atomic mass is 16.4. The van der Waals surface area contributed by atoms with Crippen LogP contribution in [-0.4, -0.2) is 15.6 Å². The normalized spacial score (nSPS) is 9.54. The van der Waals surface area contributed by atoms with Crippen LogP contribution >= 0.6 is 0 Å². The maximum Gasteiger partial charge on any atom is 0.352 e. The largest absolute Gasteiger partial charge is 0.477 e. The minimum Gasteiger partial charge on any atom is -0.477 e. The minimum atomic E-state index is -1.11. The van der Waals surface area contributed by atoms with Crippen molar-refractivity contribution < 1.29 is 9.90 Å². The van der Waals surface area contributed by atoms with Gasteiger partial charge >= 0.3 is 5.97 Å². The lowest BCUT2D eigenvalue weighted by molar-refractivity contribution is 0.0684. The summed E-state index contributed by atoms with van der Waals surface area (Å²) in [4.78, 5) is 21.8. The van der Waals surface area contributed by atoms with Gasteiger partial charge in [-0.25, -0.2) is 4.79 Å². The Morgan fingerprint density at radius 2 is 2.31 bits per heavy atom. The molecule has 0 unspecified atom stereocenters. The second-order valence-corrected chi connectivity index (χ2v) is 2.45. The number of rotatable bonds is 3. The van der Waals surface area contributed by atoms with E-state index in [1.165, 1.54) is 24.3 Å². The molecule has 1 N–H and O–H groups in total. The molecule has 0 aliphatic heterocycles. The van der Waals surface area contributed by atoms with Crippen LogP contribution in [0.1, 0.15) is 10.5 Å². The van der Waals surface area contributed by atoms with Gasteiger partial charge in [0.05, 0.1) is 0 Å².